The molecule has 2 nitrogen and oxygen atoms in total. The first-order valence-corrected chi connectivity index (χ1v) is 6.87. The van der Waals surface area contributed by atoms with Gasteiger partial charge in [0.1, 0.15) is 5.82 Å². The summed E-state index contributed by atoms with van der Waals surface area (Å²) in [7, 11) is 3.27. The third-order valence-corrected chi connectivity index (χ3v) is 3.50. The molecule has 2 aromatic rings. The summed E-state index contributed by atoms with van der Waals surface area (Å²) in [6.07, 6.45) is 0.479. The van der Waals surface area contributed by atoms with E-state index in [1.807, 2.05) is 13.1 Å². The van der Waals surface area contributed by atoms with Gasteiger partial charge in [0.2, 0.25) is 0 Å². The molecule has 0 aliphatic carbocycles. The number of benzene rings is 2. The summed E-state index contributed by atoms with van der Waals surface area (Å²) in [5.74, 6) is -0.403. The molecule has 21 heavy (non-hydrogen) atoms. The van der Waals surface area contributed by atoms with Crippen LogP contribution in [0.4, 0.5) is 8.78 Å². The molecule has 0 aliphatic heterocycles. The minimum Gasteiger partial charge on any atom is -0.494 e. The third kappa shape index (κ3) is 3.79. The summed E-state index contributed by atoms with van der Waals surface area (Å²) in [5, 5.41) is 3.08. The van der Waals surface area contributed by atoms with E-state index in [2.05, 4.69) is 5.32 Å². The molecule has 0 saturated heterocycles. The van der Waals surface area contributed by atoms with Crippen LogP contribution < -0.4 is 10.1 Å². The fourth-order valence-electron chi connectivity index (χ4n) is 2.45. The fraction of sp³-hybridized carbons (Fsp3) is 0.294. The Morgan fingerprint density at radius 3 is 2.57 bits per heavy atom. The van der Waals surface area contributed by atoms with E-state index in [1.54, 1.807) is 24.3 Å². The van der Waals surface area contributed by atoms with Crippen molar-refractivity contribution in [1.29, 1.82) is 0 Å². The second-order valence-corrected chi connectivity index (χ2v) is 4.95. The zero-order chi connectivity index (χ0) is 15.2. The highest BCUT2D eigenvalue weighted by atomic mass is 19.1. The van der Waals surface area contributed by atoms with E-state index < -0.39 is 0 Å². The van der Waals surface area contributed by atoms with E-state index in [4.69, 9.17) is 4.74 Å². The minimum absolute atomic E-state index is 0.00712. The van der Waals surface area contributed by atoms with Crippen molar-refractivity contribution in [1.82, 2.24) is 5.32 Å². The highest BCUT2D eigenvalue weighted by molar-refractivity contribution is 5.33. The molecule has 2 rings (SSSR count). The summed E-state index contributed by atoms with van der Waals surface area (Å²) in [6, 6.07) is 11.5. The Bertz CT molecular complexity index is 601. The van der Waals surface area contributed by atoms with Gasteiger partial charge in [-0.15, -0.1) is 0 Å². The molecule has 1 unspecified atom stereocenters. The maximum absolute atomic E-state index is 14.2. The number of hydrogen-bond acceptors (Lipinski definition) is 2. The smallest absolute Gasteiger partial charge is 0.168 e. The molecule has 0 fully saturated rings. The van der Waals surface area contributed by atoms with Gasteiger partial charge in [0.05, 0.1) is 7.11 Å². The number of likely N-dealkylation sites (N-methyl/N-ethyl adjacent to an activating group) is 1. The quantitative estimate of drug-likeness (QED) is 0.879. The highest BCUT2D eigenvalue weighted by Crippen LogP contribution is 2.26. The number of halogens is 2. The van der Waals surface area contributed by atoms with Crippen molar-refractivity contribution in [2.45, 2.75) is 12.3 Å². The number of ether oxygens (including phenoxy) is 1. The molecule has 0 heterocycles. The van der Waals surface area contributed by atoms with Crippen LogP contribution in [-0.2, 0) is 6.42 Å². The van der Waals surface area contributed by atoms with Crippen LogP contribution in [0, 0.1) is 11.6 Å². The van der Waals surface area contributed by atoms with E-state index in [-0.39, 0.29) is 23.3 Å². The van der Waals surface area contributed by atoms with Gasteiger partial charge in [-0.25, -0.2) is 8.78 Å². The lowest BCUT2D eigenvalue weighted by atomic mass is 9.91. The monoisotopic (exact) mass is 291 g/mol. The predicted octanol–water partition coefficient (Wildman–Crippen LogP) is 3.52. The molecule has 0 aromatic heterocycles. The standard InChI is InChI=1S/C17H19F2NO/c1-20-11-14(12-5-3-7-15(18)10-12)9-13-6-4-8-16(21-2)17(13)19/h3-8,10,14,20H,9,11H2,1-2H3. The van der Waals surface area contributed by atoms with Crippen LogP contribution in [0.3, 0.4) is 0 Å². The predicted molar refractivity (Wildman–Crippen MR) is 79.7 cm³/mol. The number of hydrogen-bond donors (Lipinski definition) is 1. The van der Waals surface area contributed by atoms with Crippen molar-refractivity contribution in [2.24, 2.45) is 0 Å². The van der Waals surface area contributed by atoms with Gasteiger partial charge in [-0.3, -0.25) is 0 Å². The molecule has 0 amide bonds. The summed E-state index contributed by atoms with van der Waals surface area (Å²) in [6.45, 7) is 0.639. The van der Waals surface area contributed by atoms with Gasteiger partial charge >= 0.3 is 0 Å². The molecule has 0 radical (unpaired) electrons. The van der Waals surface area contributed by atoms with Crippen LogP contribution in [-0.4, -0.2) is 20.7 Å². The molecule has 0 aliphatic rings. The second kappa shape index (κ2) is 7.18. The van der Waals surface area contributed by atoms with Crippen molar-refractivity contribution in [3.8, 4) is 5.75 Å². The van der Waals surface area contributed by atoms with Crippen molar-refractivity contribution < 1.29 is 13.5 Å². The maximum Gasteiger partial charge on any atom is 0.168 e. The Hall–Kier alpha value is -1.94. The maximum atomic E-state index is 14.2. The van der Waals surface area contributed by atoms with Gasteiger partial charge in [0.15, 0.2) is 11.6 Å². The van der Waals surface area contributed by atoms with Gasteiger partial charge in [-0.2, -0.15) is 0 Å². The third-order valence-electron chi connectivity index (χ3n) is 3.50. The lowest BCUT2D eigenvalue weighted by Gasteiger charge is -2.18. The first kappa shape index (κ1) is 15.4. The van der Waals surface area contributed by atoms with Gasteiger partial charge in [-0.1, -0.05) is 24.3 Å². The normalized spacial score (nSPS) is 12.2. The van der Waals surface area contributed by atoms with Crippen molar-refractivity contribution in [3.63, 3.8) is 0 Å². The van der Waals surface area contributed by atoms with Crippen LogP contribution in [0.5, 0.6) is 5.75 Å². The number of methoxy groups -OCH3 is 1. The molecular weight excluding hydrogens is 272 g/mol. The molecular formula is C17H19F2NO. The van der Waals surface area contributed by atoms with E-state index >= 15 is 0 Å². The Kier molecular flexibility index (Phi) is 5.28. The Labute approximate surface area is 123 Å². The Balaban J connectivity index is 2.28. The van der Waals surface area contributed by atoms with Gasteiger partial charge in [-0.05, 0) is 42.8 Å². The largest absolute Gasteiger partial charge is 0.494 e. The molecule has 0 saturated carbocycles. The molecule has 4 heteroatoms. The van der Waals surface area contributed by atoms with E-state index in [0.717, 1.165) is 5.56 Å². The molecule has 2 aromatic carbocycles. The Morgan fingerprint density at radius 1 is 1.14 bits per heavy atom. The molecule has 0 bridgehead atoms. The lowest BCUT2D eigenvalue weighted by molar-refractivity contribution is 0.383. The van der Waals surface area contributed by atoms with Gasteiger partial charge in [0.25, 0.3) is 0 Å². The second-order valence-electron chi connectivity index (χ2n) is 4.95. The van der Waals surface area contributed by atoms with E-state index in [9.17, 15) is 8.78 Å². The molecule has 0 spiro atoms. The van der Waals surface area contributed by atoms with E-state index in [1.165, 1.54) is 19.2 Å². The first-order valence-electron chi connectivity index (χ1n) is 6.87. The minimum atomic E-state index is -0.350. The molecule has 1 atom stereocenters. The van der Waals surface area contributed by atoms with Crippen molar-refractivity contribution >= 4 is 0 Å². The summed E-state index contributed by atoms with van der Waals surface area (Å²) in [5.41, 5.74) is 1.42. The van der Waals surface area contributed by atoms with Crippen LogP contribution >= 0.6 is 0 Å². The average molecular weight is 291 g/mol. The summed E-state index contributed by atoms with van der Waals surface area (Å²) in [4.78, 5) is 0. The number of nitrogens with one attached hydrogen (secondary N) is 1. The average Bonchev–Trinajstić information content (AvgIpc) is 2.48. The zero-order valence-electron chi connectivity index (χ0n) is 12.2. The lowest BCUT2D eigenvalue weighted by Crippen LogP contribution is -2.19. The summed E-state index contributed by atoms with van der Waals surface area (Å²) < 4.78 is 32.6. The van der Waals surface area contributed by atoms with Crippen LogP contribution in [0.15, 0.2) is 42.5 Å². The molecule has 1 N–H and O–H groups in total. The Morgan fingerprint density at radius 2 is 1.90 bits per heavy atom. The summed E-state index contributed by atoms with van der Waals surface area (Å²) >= 11 is 0. The van der Waals surface area contributed by atoms with Crippen LogP contribution in [0.25, 0.3) is 0 Å². The van der Waals surface area contributed by atoms with Crippen LogP contribution in [0.2, 0.25) is 0 Å². The zero-order valence-corrected chi connectivity index (χ0v) is 12.2. The van der Waals surface area contributed by atoms with Gasteiger partial charge < -0.3 is 10.1 Å². The van der Waals surface area contributed by atoms with Crippen molar-refractivity contribution in [2.75, 3.05) is 20.7 Å². The number of rotatable bonds is 6. The van der Waals surface area contributed by atoms with Crippen LogP contribution in [0.1, 0.15) is 17.0 Å². The topological polar surface area (TPSA) is 21.3 Å². The SMILES string of the molecule is CNCC(Cc1cccc(OC)c1F)c1cccc(F)c1. The fourth-order valence-corrected chi connectivity index (χ4v) is 2.45. The van der Waals surface area contributed by atoms with E-state index in [0.29, 0.717) is 18.5 Å². The van der Waals surface area contributed by atoms with Crippen molar-refractivity contribution in [3.05, 3.63) is 65.2 Å². The first-order chi connectivity index (χ1) is 10.2. The molecule has 112 valence electrons. The van der Waals surface area contributed by atoms with Gasteiger partial charge in [0, 0.05) is 12.5 Å². The highest BCUT2D eigenvalue weighted by Gasteiger charge is 2.16.